The van der Waals surface area contributed by atoms with Crippen LogP contribution in [0, 0.1) is 5.41 Å². The number of carboxylic acids is 1. The van der Waals surface area contributed by atoms with Gasteiger partial charge in [0, 0.05) is 17.6 Å². The third-order valence-electron chi connectivity index (χ3n) is 6.19. The summed E-state index contributed by atoms with van der Waals surface area (Å²) in [7, 11) is 0. The molecular formula is C19H23NO4. The Labute approximate surface area is 141 Å². The van der Waals surface area contributed by atoms with E-state index in [0.29, 0.717) is 18.4 Å². The molecule has 3 heterocycles. The van der Waals surface area contributed by atoms with Crippen LogP contribution in [-0.4, -0.2) is 40.6 Å². The zero-order valence-corrected chi connectivity index (χ0v) is 14.0. The van der Waals surface area contributed by atoms with Crippen LogP contribution in [0.15, 0.2) is 18.2 Å². The highest BCUT2D eigenvalue weighted by atomic mass is 16.5. The van der Waals surface area contributed by atoms with E-state index in [1.165, 1.54) is 0 Å². The number of amides is 1. The van der Waals surface area contributed by atoms with Gasteiger partial charge in [-0.1, -0.05) is 6.92 Å². The van der Waals surface area contributed by atoms with Gasteiger partial charge in [-0.25, -0.2) is 0 Å². The van der Waals surface area contributed by atoms with E-state index in [-0.39, 0.29) is 18.0 Å². The molecule has 3 aliphatic rings. The Morgan fingerprint density at radius 1 is 1.38 bits per heavy atom. The Morgan fingerprint density at radius 3 is 2.92 bits per heavy atom. The van der Waals surface area contributed by atoms with Gasteiger partial charge in [-0.15, -0.1) is 0 Å². The smallest absolute Gasteiger partial charge is 0.311 e. The fraction of sp³-hybridized carbons (Fsp3) is 0.579. The number of carbonyl (C=O) groups is 2. The molecule has 4 rings (SSSR count). The summed E-state index contributed by atoms with van der Waals surface area (Å²) < 4.78 is 5.62. The van der Waals surface area contributed by atoms with Gasteiger partial charge in [0.15, 0.2) is 0 Å². The average Bonchev–Trinajstić information content (AvgIpc) is 3.16. The van der Waals surface area contributed by atoms with E-state index in [4.69, 9.17) is 4.74 Å². The lowest BCUT2D eigenvalue weighted by Gasteiger charge is -2.32. The first-order chi connectivity index (χ1) is 11.6. The van der Waals surface area contributed by atoms with Gasteiger partial charge in [0.2, 0.25) is 0 Å². The quantitative estimate of drug-likeness (QED) is 0.926. The Hall–Kier alpha value is -2.04. The van der Waals surface area contributed by atoms with Crippen molar-refractivity contribution in [3.63, 3.8) is 0 Å². The van der Waals surface area contributed by atoms with Crippen LogP contribution in [-0.2, 0) is 11.2 Å². The van der Waals surface area contributed by atoms with Crippen molar-refractivity contribution in [2.75, 3.05) is 6.61 Å². The highest BCUT2D eigenvalue weighted by Gasteiger charge is 2.60. The van der Waals surface area contributed by atoms with E-state index in [2.05, 4.69) is 0 Å². The summed E-state index contributed by atoms with van der Waals surface area (Å²) >= 11 is 0. The number of nitrogens with zero attached hydrogens (tertiary/aromatic N) is 1. The summed E-state index contributed by atoms with van der Waals surface area (Å²) in [5, 5.41) is 9.76. The molecule has 2 saturated heterocycles. The number of carboxylic acid groups (broad SMARTS) is 1. The molecule has 2 fully saturated rings. The molecule has 0 aliphatic carbocycles. The first-order valence-electron chi connectivity index (χ1n) is 8.88. The topological polar surface area (TPSA) is 66.8 Å². The Morgan fingerprint density at radius 2 is 2.21 bits per heavy atom. The maximum absolute atomic E-state index is 13.1. The van der Waals surface area contributed by atoms with Crippen LogP contribution in [0.4, 0.5) is 0 Å². The van der Waals surface area contributed by atoms with Crippen molar-refractivity contribution in [1.29, 1.82) is 0 Å². The van der Waals surface area contributed by atoms with Crippen LogP contribution >= 0.6 is 0 Å². The van der Waals surface area contributed by atoms with Crippen molar-refractivity contribution in [3.8, 4) is 5.75 Å². The van der Waals surface area contributed by atoms with Crippen molar-refractivity contribution in [1.82, 2.24) is 4.90 Å². The van der Waals surface area contributed by atoms with E-state index < -0.39 is 11.4 Å². The average molecular weight is 329 g/mol. The predicted octanol–water partition coefficient (Wildman–Crippen LogP) is 2.87. The molecule has 0 aromatic heterocycles. The lowest BCUT2D eigenvalue weighted by atomic mass is 9.72. The summed E-state index contributed by atoms with van der Waals surface area (Å²) in [4.78, 5) is 26.9. The highest BCUT2D eigenvalue weighted by Crippen LogP contribution is 2.52. The van der Waals surface area contributed by atoms with E-state index in [1.807, 2.05) is 30.0 Å². The molecule has 1 amide bonds. The predicted molar refractivity (Wildman–Crippen MR) is 88.2 cm³/mol. The number of hydrogen-bond acceptors (Lipinski definition) is 3. The summed E-state index contributed by atoms with van der Waals surface area (Å²) in [5.74, 6) is 0.0944. The van der Waals surface area contributed by atoms with Gasteiger partial charge in [0.05, 0.1) is 12.0 Å². The van der Waals surface area contributed by atoms with Crippen molar-refractivity contribution >= 4 is 11.9 Å². The van der Waals surface area contributed by atoms with Crippen LogP contribution < -0.4 is 4.74 Å². The first kappa shape index (κ1) is 15.5. The molecule has 0 spiro atoms. The zero-order chi connectivity index (χ0) is 16.9. The Balaban J connectivity index is 1.65. The molecule has 0 radical (unpaired) electrons. The molecule has 1 N–H and O–H groups in total. The molecule has 2 bridgehead atoms. The molecule has 24 heavy (non-hydrogen) atoms. The molecule has 5 nitrogen and oxygen atoms in total. The number of hydrogen-bond donors (Lipinski definition) is 1. The SMILES string of the molecule is CC[C@@]1(C(=O)O)C[C@@H]2CC[C@H]1N2C(=O)c1ccc2c(c1)CCCO2. The van der Waals surface area contributed by atoms with Crippen LogP contribution in [0.25, 0.3) is 0 Å². The Bertz CT molecular complexity index is 701. The molecule has 5 heteroatoms. The zero-order valence-electron chi connectivity index (χ0n) is 14.0. The number of aliphatic carboxylic acids is 1. The van der Waals surface area contributed by atoms with Crippen molar-refractivity contribution in [2.24, 2.45) is 5.41 Å². The molecule has 3 aliphatic heterocycles. The maximum Gasteiger partial charge on any atom is 0.311 e. The largest absolute Gasteiger partial charge is 0.493 e. The summed E-state index contributed by atoms with van der Waals surface area (Å²) in [6.07, 6.45) is 4.77. The third kappa shape index (κ3) is 2.06. The van der Waals surface area contributed by atoms with Gasteiger partial charge in [0.1, 0.15) is 5.75 Å². The number of rotatable bonds is 3. The van der Waals surface area contributed by atoms with Gasteiger partial charge < -0.3 is 14.7 Å². The van der Waals surface area contributed by atoms with E-state index in [1.54, 1.807) is 0 Å². The Kier molecular flexibility index (Phi) is 3.55. The third-order valence-corrected chi connectivity index (χ3v) is 6.19. The molecule has 1 aromatic carbocycles. The van der Waals surface area contributed by atoms with E-state index in [0.717, 1.165) is 43.6 Å². The van der Waals surface area contributed by atoms with Gasteiger partial charge in [-0.3, -0.25) is 9.59 Å². The second-order valence-electron chi connectivity index (χ2n) is 7.25. The fourth-order valence-corrected chi connectivity index (χ4v) is 4.89. The summed E-state index contributed by atoms with van der Waals surface area (Å²) in [6, 6.07) is 5.52. The highest BCUT2D eigenvalue weighted by molar-refractivity contribution is 5.96. The van der Waals surface area contributed by atoms with Gasteiger partial charge >= 0.3 is 5.97 Å². The number of carbonyl (C=O) groups excluding carboxylic acids is 1. The second kappa shape index (κ2) is 5.50. The second-order valence-corrected chi connectivity index (χ2v) is 7.25. The molecule has 1 aromatic rings. The minimum absolute atomic E-state index is 0.0209. The minimum atomic E-state index is -0.768. The van der Waals surface area contributed by atoms with Crippen molar-refractivity contribution < 1.29 is 19.4 Å². The fourth-order valence-electron chi connectivity index (χ4n) is 4.89. The molecule has 0 saturated carbocycles. The number of benzene rings is 1. The molecule has 128 valence electrons. The maximum atomic E-state index is 13.1. The van der Waals surface area contributed by atoms with Gasteiger partial charge in [0.25, 0.3) is 5.91 Å². The van der Waals surface area contributed by atoms with Crippen LogP contribution in [0.2, 0.25) is 0 Å². The lowest BCUT2D eigenvalue weighted by molar-refractivity contribution is -0.151. The van der Waals surface area contributed by atoms with Crippen molar-refractivity contribution in [2.45, 2.75) is 57.5 Å². The molecule has 3 atom stereocenters. The van der Waals surface area contributed by atoms with E-state index >= 15 is 0 Å². The van der Waals surface area contributed by atoms with E-state index in [9.17, 15) is 14.7 Å². The molecular weight excluding hydrogens is 306 g/mol. The lowest BCUT2D eigenvalue weighted by Crippen LogP contribution is -2.44. The summed E-state index contributed by atoms with van der Waals surface area (Å²) in [5.41, 5.74) is 0.975. The van der Waals surface area contributed by atoms with Crippen LogP contribution in [0.1, 0.15) is 54.9 Å². The summed E-state index contributed by atoms with van der Waals surface area (Å²) in [6.45, 7) is 2.65. The van der Waals surface area contributed by atoms with Crippen LogP contribution in [0.3, 0.4) is 0 Å². The van der Waals surface area contributed by atoms with Crippen molar-refractivity contribution in [3.05, 3.63) is 29.3 Å². The van der Waals surface area contributed by atoms with Gasteiger partial charge in [-0.05, 0) is 62.3 Å². The normalized spacial score (nSPS) is 30.8. The number of ether oxygens (including phenoxy) is 1. The number of aryl methyl sites for hydroxylation is 1. The monoisotopic (exact) mass is 329 g/mol. The molecule has 0 unspecified atom stereocenters. The minimum Gasteiger partial charge on any atom is -0.493 e. The van der Waals surface area contributed by atoms with Crippen LogP contribution in [0.5, 0.6) is 5.75 Å². The standard InChI is InChI=1S/C19H23NO4/c1-2-19(18(22)23)11-14-6-8-16(19)20(14)17(21)13-5-7-15-12(10-13)4-3-9-24-15/h5,7,10,14,16H,2-4,6,8-9,11H2,1H3,(H,22,23)/t14-,16+,19+/m0/s1. The first-order valence-corrected chi connectivity index (χ1v) is 8.88. The number of fused-ring (bicyclic) bond motifs is 3. The van der Waals surface area contributed by atoms with Gasteiger partial charge in [-0.2, -0.15) is 0 Å².